The zero-order valence-electron chi connectivity index (χ0n) is 7.97. The first kappa shape index (κ1) is 11.4. The van der Waals surface area contributed by atoms with Crippen LogP contribution in [0.25, 0.3) is 0 Å². The van der Waals surface area contributed by atoms with E-state index in [-0.39, 0.29) is 5.97 Å². The van der Waals surface area contributed by atoms with Crippen molar-refractivity contribution in [2.75, 3.05) is 20.8 Å². The van der Waals surface area contributed by atoms with Gasteiger partial charge < -0.3 is 9.47 Å². The third kappa shape index (κ3) is 7.54. The minimum Gasteiger partial charge on any atom is -0.469 e. The maximum atomic E-state index is 10.7. The molecule has 72 valence electrons. The number of ether oxygens (including phenoxy) is 2. The second kappa shape index (κ2) is 8.53. The van der Waals surface area contributed by atoms with Gasteiger partial charge in [-0.1, -0.05) is 12.8 Å². The molecule has 0 rings (SSSR count). The van der Waals surface area contributed by atoms with Crippen LogP contribution in [0.1, 0.15) is 32.1 Å². The Morgan fingerprint density at radius 2 is 1.75 bits per heavy atom. The Bertz CT molecular complexity index is 112. The molecule has 0 aliphatic heterocycles. The number of esters is 1. The van der Waals surface area contributed by atoms with Gasteiger partial charge in [0.15, 0.2) is 0 Å². The molecule has 3 nitrogen and oxygen atoms in total. The predicted molar refractivity (Wildman–Crippen MR) is 47.0 cm³/mol. The first-order chi connectivity index (χ1) is 5.81. The van der Waals surface area contributed by atoms with E-state index in [1.165, 1.54) is 7.11 Å². The van der Waals surface area contributed by atoms with Gasteiger partial charge in [-0.15, -0.1) is 0 Å². The largest absolute Gasteiger partial charge is 0.469 e. The number of hydrogen-bond donors (Lipinski definition) is 0. The summed E-state index contributed by atoms with van der Waals surface area (Å²) in [6.07, 6.45) is 4.76. The fraction of sp³-hybridized carbons (Fsp3) is 0.889. The number of carbonyl (C=O) groups is 1. The molecule has 0 spiro atoms. The van der Waals surface area contributed by atoms with E-state index in [1.807, 2.05) is 0 Å². The summed E-state index contributed by atoms with van der Waals surface area (Å²) in [5, 5.41) is 0. The Labute approximate surface area is 74.0 Å². The monoisotopic (exact) mass is 174 g/mol. The third-order valence-corrected chi connectivity index (χ3v) is 1.71. The average Bonchev–Trinajstić information content (AvgIpc) is 2.10. The Balaban J connectivity index is 2.95. The molecule has 12 heavy (non-hydrogen) atoms. The van der Waals surface area contributed by atoms with Crippen molar-refractivity contribution in [2.45, 2.75) is 32.1 Å². The maximum absolute atomic E-state index is 10.7. The van der Waals surface area contributed by atoms with E-state index < -0.39 is 0 Å². The minimum absolute atomic E-state index is 0.109. The van der Waals surface area contributed by atoms with Gasteiger partial charge in [-0.2, -0.15) is 0 Å². The predicted octanol–water partition coefficient (Wildman–Crippen LogP) is 1.76. The molecular formula is C9H18O3. The van der Waals surface area contributed by atoms with Crippen LogP contribution in [0, 0.1) is 0 Å². The lowest BCUT2D eigenvalue weighted by Gasteiger charge is -1.99. The molecule has 0 aliphatic rings. The van der Waals surface area contributed by atoms with Gasteiger partial charge in [-0.05, 0) is 12.8 Å². The van der Waals surface area contributed by atoms with Crippen LogP contribution in [-0.2, 0) is 14.3 Å². The molecule has 0 N–H and O–H groups in total. The van der Waals surface area contributed by atoms with E-state index >= 15 is 0 Å². The molecule has 0 saturated heterocycles. The highest BCUT2D eigenvalue weighted by Gasteiger charge is 1.98. The quantitative estimate of drug-likeness (QED) is 0.436. The fourth-order valence-electron chi connectivity index (χ4n) is 0.971. The van der Waals surface area contributed by atoms with Gasteiger partial charge in [0.2, 0.25) is 0 Å². The smallest absolute Gasteiger partial charge is 0.305 e. The van der Waals surface area contributed by atoms with Gasteiger partial charge in [-0.3, -0.25) is 4.79 Å². The van der Waals surface area contributed by atoms with Crippen molar-refractivity contribution in [2.24, 2.45) is 0 Å². The Morgan fingerprint density at radius 3 is 2.33 bits per heavy atom. The normalized spacial score (nSPS) is 9.83. The van der Waals surface area contributed by atoms with Crippen LogP contribution in [0.3, 0.4) is 0 Å². The van der Waals surface area contributed by atoms with Crippen molar-refractivity contribution < 1.29 is 14.3 Å². The summed E-state index contributed by atoms with van der Waals surface area (Å²) in [6, 6.07) is 0. The molecule has 0 aromatic rings. The van der Waals surface area contributed by atoms with Crippen molar-refractivity contribution >= 4 is 5.97 Å². The number of rotatable bonds is 7. The van der Waals surface area contributed by atoms with Crippen molar-refractivity contribution in [1.82, 2.24) is 0 Å². The number of unbranched alkanes of at least 4 members (excludes halogenated alkanes) is 3. The summed E-state index contributed by atoms with van der Waals surface area (Å²) >= 11 is 0. The molecular weight excluding hydrogens is 156 g/mol. The average molecular weight is 174 g/mol. The molecule has 0 fully saturated rings. The first-order valence-corrected chi connectivity index (χ1v) is 4.37. The molecule has 0 aromatic heterocycles. The van der Waals surface area contributed by atoms with Crippen molar-refractivity contribution in [3.8, 4) is 0 Å². The molecule has 0 amide bonds. The van der Waals surface area contributed by atoms with E-state index in [0.717, 1.165) is 32.3 Å². The lowest BCUT2D eigenvalue weighted by atomic mass is 10.1. The highest BCUT2D eigenvalue weighted by molar-refractivity contribution is 5.68. The fourth-order valence-corrected chi connectivity index (χ4v) is 0.971. The molecule has 0 bridgehead atoms. The number of hydrogen-bond acceptors (Lipinski definition) is 3. The minimum atomic E-state index is -0.109. The van der Waals surface area contributed by atoms with Gasteiger partial charge in [0.25, 0.3) is 0 Å². The summed E-state index contributed by atoms with van der Waals surface area (Å²) in [4.78, 5) is 10.7. The molecule has 0 aromatic carbocycles. The van der Waals surface area contributed by atoms with Crippen LogP contribution in [0.4, 0.5) is 0 Å². The lowest BCUT2D eigenvalue weighted by Crippen LogP contribution is -1.99. The summed E-state index contributed by atoms with van der Waals surface area (Å²) < 4.78 is 9.41. The van der Waals surface area contributed by atoms with Crippen LogP contribution in [0.2, 0.25) is 0 Å². The number of carbonyl (C=O) groups excluding carboxylic acids is 1. The molecule has 0 radical (unpaired) electrons. The summed E-state index contributed by atoms with van der Waals surface area (Å²) in [6.45, 7) is 0.818. The molecule has 0 aliphatic carbocycles. The van der Waals surface area contributed by atoms with Crippen LogP contribution in [0.5, 0.6) is 0 Å². The van der Waals surface area contributed by atoms with Gasteiger partial charge in [0.1, 0.15) is 0 Å². The SMILES string of the molecule is COCCCCCCC(=O)OC. The van der Waals surface area contributed by atoms with Crippen molar-refractivity contribution in [1.29, 1.82) is 0 Å². The van der Waals surface area contributed by atoms with E-state index in [2.05, 4.69) is 4.74 Å². The second-order valence-corrected chi connectivity index (χ2v) is 2.73. The zero-order valence-corrected chi connectivity index (χ0v) is 7.97. The second-order valence-electron chi connectivity index (χ2n) is 2.73. The van der Waals surface area contributed by atoms with E-state index in [0.29, 0.717) is 6.42 Å². The van der Waals surface area contributed by atoms with Gasteiger partial charge in [0.05, 0.1) is 7.11 Å². The number of methoxy groups -OCH3 is 2. The highest BCUT2D eigenvalue weighted by Crippen LogP contribution is 2.03. The summed E-state index contributed by atoms with van der Waals surface area (Å²) in [5.74, 6) is -0.109. The molecule has 3 heteroatoms. The van der Waals surface area contributed by atoms with E-state index in [4.69, 9.17) is 4.74 Å². The van der Waals surface area contributed by atoms with Crippen LogP contribution in [-0.4, -0.2) is 26.8 Å². The Hall–Kier alpha value is -0.570. The summed E-state index contributed by atoms with van der Waals surface area (Å²) in [7, 11) is 3.13. The molecule has 0 heterocycles. The first-order valence-electron chi connectivity index (χ1n) is 4.37. The molecule has 0 unspecified atom stereocenters. The summed E-state index contributed by atoms with van der Waals surface area (Å²) in [5.41, 5.74) is 0. The van der Waals surface area contributed by atoms with E-state index in [9.17, 15) is 4.79 Å². The van der Waals surface area contributed by atoms with Crippen molar-refractivity contribution in [3.63, 3.8) is 0 Å². The van der Waals surface area contributed by atoms with Gasteiger partial charge in [0, 0.05) is 20.1 Å². The van der Waals surface area contributed by atoms with Crippen LogP contribution >= 0.6 is 0 Å². The van der Waals surface area contributed by atoms with Gasteiger partial charge in [-0.25, -0.2) is 0 Å². The molecule has 0 saturated carbocycles. The van der Waals surface area contributed by atoms with Gasteiger partial charge >= 0.3 is 5.97 Å². The highest BCUT2D eigenvalue weighted by atomic mass is 16.5. The topological polar surface area (TPSA) is 35.5 Å². The van der Waals surface area contributed by atoms with Crippen molar-refractivity contribution in [3.05, 3.63) is 0 Å². The lowest BCUT2D eigenvalue weighted by molar-refractivity contribution is -0.140. The van der Waals surface area contributed by atoms with Crippen LogP contribution in [0.15, 0.2) is 0 Å². The van der Waals surface area contributed by atoms with Crippen LogP contribution < -0.4 is 0 Å². The zero-order chi connectivity index (χ0) is 9.23. The Kier molecular flexibility index (Phi) is 8.12. The van der Waals surface area contributed by atoms with E-state index in [1.54, 1.807) is 7.11 Å². The third-order valence-electron chi connectivity index (χ3n) is 1.71. The standard InChI is InChI=1S/C9H18O3/c1-11-8-6-4-3-5-7-9(10)12-2/h3-8H2,1-2H3. The Morgan fingerprint density at radius 1 is 1.08 bits per heavy atom. The molecule has 0 atom stereocenters. The maximum Gasteiger partial charge on any atom is 0.305 e.